The van der Waals surface area contributed by atoms with Crippen molar-refractivity contribution in [2.24, 2.45) is 0 Å². The van der Waals surface area contributed by atoms with Crippen LogP contribution in [0, 0.1) is 6.92 Å². The largest absolute Gasteiger partial charge is 0.497 e. The molecule has 3 aromatic carbocycles. The Balaban J connectivity index is 1.50. The van der Waals surface area contributed by atoms with Crippen LogP contribution in [-0.2, 0) is 13.0 Å². The molecule has 1 N–H and O–H groups in total. The fraction of sp³-hybridized carbons (Fsp3) is 0.188. The first kappa shape index (κ1) is 24.6. The van der Waals surface area contributed by atoms with Crippen molar-refractivity contribution in [2.75, 3.05) is 12.4 Å². The molecule has 6 rings (SSSR count). The number of amides is 2. The molecular weight excluding hydrogens is 486 g/mol. The summed E-state index contributed by atoms with van der Waals surface area (Å²) in [5.74, 6) is 1.72. The highest BCUT2D eigenvalue weighted by Gasteiger charge is 2.36. The molecule has 0 saturated carbocycles. The second-order valence-corrected chi connectivity index (χ2v) is 9.72. The van der Waals surface area contributed by atoms with Gasteiger partial charge >= 0.3 is 6.03 Å². The lowest BCUT2D eigenvalue weighted by atomic mass is 10.0. The number of aromatic nitrogens is 3. The van der Waals surface area contributed by atoms with E-state index in [-0.39, 0.29) is 12.1 Å². The van der Waals surface area contributed by atoms with Gasteiger partial charge in [-0.25, -0.2) is 9.48 Å². The third-order valence-electron chi connectivity index (χ3n) is 7.39. The van der Waals surface area contributed by atoms with Crippen molar-refractivity contribution in [1.29, 1.82) is 0 Å². The number of fused-ring (bicyclic) bond motifs is 3. The number of para-hydroxylation sites is 1. The van der Waals surface area contributed by atoms with Crippen molar-refractivity contribution in [3.8, 4) is 17.3 Å². The number of carbonyl (C=O) groups is 1. The number of benzene rings is 3. The maximum atomic E-state index is 14.1. The van der Waals surface area contributed by atoms with Crippen LogP contribution in [0.1, 0.15) is 41.0 Å². The number of hydrogen-bond donors (Lipinski definition) is 1. The molecule has 7 heteroatoms. The molecule has 3 heterocycles. The Morgan fingerprint density at radius 3 is 2.41 bits per heavy atom. The van der Waals surface area contributed by atoms with E-state index >= 15 is 0 Å². The highest BCUT2D eigenvalue weighted by molar-refractivity contribution is 5.90. The van der Waals surface area contributed by atoms with Gasteiger partial charge in [0.05, 0.1) is 36.8 Å². The number of methoxy groups -OCH3 is 1. The zero-order valence-electron chi connectivity index (χ0n) is 22.3. The van der Waals surface area contributed by atoms with Gasteiger partial charge in [0, 0.05) is 17.4 Å². The van der Waals surface area contributed by atoms with Gasteiger partial charge in [0.15, 0.2) is 0 Å². The lowest BCUT2D eigenvalue weighted by molar-refractivity contribution is 0.194. The van der Waals surface area contributed by atoms with Crippen LogP contribution in [0.4, 0.5) is 10.5 Å². The summed E-state index contributed by atoms with van der Waals surface area (Å²) in [5, 5.41) is 8.07. The first-order chi connectivity index (χ1) is 19.1. The van der Waals surface area contributed by atoms with Crippen LogP contribution in [0.25, 0.3) is 11.5 Å². The van der Waals surface area contributed by atoms with Crippen LogP contribution in [0.3, 0.4) is 0 Å². The van der Waals surface area contributed by atoms with Crippen LogP contribution < -0.4 is 10.1 Å². The monoisotopic (exact) mass is 517 g/mol. The smallest absolute Gasteiger partial charge is 0.322 e. The second-order valence-electron chi connectivity index (χ2n) is 9.72. The average molecular weight is 518 g/mol. The van der Waals surface area contributed by atoms with Gasteiger partial charge in [0.1, 0.15) is 11.6 Å². The minimum absolute atomic E-state index is 0.174. The SMILES string of the molecule is CCc1ccc(NC(=O)N2Cc3c(C)nn(-c4ccccc4)c3-n3cccc3[C@@H]2c2ccc(OC)cc2)cc1. The van der Waals surface area contributed by atoms with Crippen LogP contribution in [-0.4, -0.2) is 32.4 Å². The summed E-state index contributed by atoms with van der Waals surface area (Å²) in [6.07, 6.45) is 3.00. The first-order valence-electron chi connectivity index (χ1n) is 13.2. The molecule has 1 aliphatic rings. The lowest BCUT2D eigenvalue weighted by Crippen LogP contribution is -2.38. The van der Waals surface area contributed by atoms with Crippen molar-refractivity contribution in [3.05, 3.63) is 125 Å². The Bertz CT molecular complexity index is 1600. The molecule has 0 saturated heterocycles. The molecule has 1 atom stereocenters. The van der Waals surface area contributed by atoms with Crippen molar-refractivity contribution in [2.45, 2.75) is 32.9 Å². The molecule has 5 aromatic rings. The summed E-state index contributed by atoms with van der Waals surface area (Å²) in [7, 11) is 1.66. The van der Waals surface area contributed by atoms with Crippen LogP contribution in [0.15, 0.2) is 97.2 Å². The third kappa shape index (κ3) is 4.46. The number of nitrogens with zero attached hydrogens (tertiary/aromatic N) is 4. The molecule has 2 aromatic heterocycles. The van der Waals surface area contributed by atoms with Crippen molar-refractivity contribution < 1.29 is 9.53 Å². The van der Waals surface area contributed by atoms with Crippen molar-refractivity contribution in [3.63, 3.8) is 0 Å². The molecule has 39 heavy (non-hydrogen) atoms. The molecular formula is C32H31N5O2. The number of nitrogens with one attached hydrogen (secondary N) is 1. The summed E-state index contributed by atoms with van der Waals surface area (Å²) in [4.78, 5) is 16.0. The minimum atomic E-state index is -0.336. The van der Waals surface area contributed by atoms with Crippen molar-refractivity contribution >= 4 is 11.7 Å². The quantitative estimate of drug-likeness (QED) is 0.283. The summed E-state index contributed by atoms with van der Waals surface area (Å²) in [5.41, 5.74) is 6.82. The number of ether oxygens (including phenoxy) is 1. The van der Waals surface area contributed by atoms with E-state index in [9.17, 15) is 4.79 Å². The molecule has 0 unspecified atom stereocenters. The fourth-order valence-corrected chi connectivity index (χ4v) is 5.31. The van der Waals surface area contributed by atoms with E-state index in [1.165, 1.54) is 5.56 Å². The highest BCUT2D eigenvalue weighted by atomic mass is 16.5. The Morgan fingerprint density at radius 2 is 1.72 bits per heavy atom. The van der Waals surface area contributed by atoms with E-state index in [1.807, 2.05) is 89.3 Å². The van der Waals surface area contributed by atoms with E-state index in [4.69, 9.17) is 9.84 Å². The van der Waals surface area contributed by atoms with Gasteiger partial charge in [0.2, 0.25) is 0 Å². The topological polar surface area (TPSA) is 64.3 Å². The maximum absolute atomic E-state index is 14.1. The molecule has 196 valence electrons. The Labute approximate surface area is 228 Å². The van der Waals surface area contributed by atoms with E-state index in [2.05, 4.69) is 41.2 Å². The fourth-order valence-electron chi connectivity index (χ4n) is 5.31. The van der Waals surface area contributed by atoms with Gasteiger partial charge in [-0.15, -0.1) is 0 Å². The summed E-state index contributed by atoms with van der Waals surface area (Å²) in [6.45, 7) is 4.52. The number of rotatable bonds is 5. The predicted octanol–water partition coefficient (Wildman–Crippen LogP) is 6.68. The minimum Gasteiger partial charge on any atom is -0.497 e. The number of urea groups is 1. The number of anilines is 1. The number of aryl methyl sites for hydroxylation is 2. The Kier molecular flexibility index (Phi) is 6.40. The van der Waals surface area contributed by atoms with Crippen LogP contribution in [0.2, 0.25) is 0 Å². The number of hydrogen-bond acceptors (Lipinski definition) is 3. The molecule has 7 nitrogen and oxygen atoms in total. The normalized spacial score (nSPS) is 14.3. The summed E-state index contributed by atoms with van der Waals surface area (Å²) >= 11 is 0. The van der Waals surface area contributed by atoms with Gasteiger partial charge < -0.3 is 19.5 Å². The van der Waals surface area contributed by atoms with Crippen LogP contribution >= 0.6 is 0 Å². The molecule has 0 bridgehead atoms. The zero-order valence-corrected chi connectivity index (χ0v) is 22.3. The highest BCUT2D eigenvalue weighted by Crippen LogP contribution is 2.39. The standard InChI is InChI=1S/C32H31N5O2/c1-4-23-12-16-25(17-13-23)33-32(38)36-21-28-22(2)34-37(26-9-6-5-7-10-26)31(28)35-20-8-11-29(35)30(36)24-14-18-27(39-3)19-15-24/h5-20,30H,4,21H2,1-3H3,(H,33,38)/t30-/m0/s1. The number of carbonyl (C=O) groups excluding carboxylic acids is 1. The maximum Gasteiger partial charge on any atom is 0.322 e. The van der Waals surface area contributed by atoms with Crippen LogP contribution in [0.5, 0.6) is 5.75 Å². The van der Waals surface area contributed by atoms with E-state index in [0.29, 0.717) is 6.54 Å². The van der Waals surface area contributed by atoms with Gasteiger partial charge in [-0.3, -0.25) is 0 Å². The summed E-state index contributed by atoms with van der Waals surface area (Å²) < 4.78 is 9.56. The third-order valence-corrected chi connectivity index (χ3v) is 7.39. The van der Waals surface area contributed by atoms with Gasteiger partial charge in [-0.2, -0.15) is 5.10 Å². The van der Waals surface area contributed by atoms with E-state index in [1.54, 1.807) is 7.11 Å². The van der Waals surface area contributed by atoms with Gasteiger partial charge in [0.25, 0.3) is 0 Å². The van der Waals surface area contributed by atoms with Gasteiger partial charge in [-0.05, 0) is 73.0 Å². The van der Waals surface area contributed by atoms with E-state index in [0.717, 1.165) is 51.9 Å². The lowest BCUT2D eigenvalue weighted by Gasteiger charge is -2.31. The molecule has 0 radical (unpaired) electrons. The average Bonchev–Trinajstić information content (AvgIpc) is 3.54. The molecule has 0 aliphatic carbocycles. The van der Waals surface area contributed by atoms with Gasteiger partial charge in [-0.1, -0.05) is 49.4 Å². The second kappa shape index (κ2) is 10.2. The molecule has 1 aliphatic heterocycles. The van der Waals surface area contributed by atoms with Crippen molar-refractivity contribution in [1.82, 2.24) is 19.2 Å². The predicted molar refractivity (Wildman–Crippen MR) is 153 cm³/mol. The molecule has 2 amide bonds. The Hall–Kier alpha value is -4.78. The summed E-state index contributed by atoms with van der Waals surface area (Å²) in [6, 6.07) is 29.7. The molecule has 0 fully saturated rings. The zero-order chi connectivity index (χ0) is 26.9. The molecule has 0 spiro atoms. The van der Waals surface area contributed by atoms with E-state index < -0.39 is 0 Å². The first-order valence-corrected chi connectivity index (χ1v) is 13.2. The Morgan fingerprint density at radius 1 is 0.974 bits per heavy atom.